The van der Waals surface area contributed by atoms with Gasteiger partial charge in [-0.2, -0.15) is 0 Å². The summed E-state index contributed by atoms with van der Waals surface area (Å²) in [7, 11) is 0. The Morgan fingerprint density at radius 3 is 2.73 bits per heavy atom. The van der Waals surface area contributed by atoms with Gasteiger partial charge in [0.05, 0.1) is 5.71 Å². The van der Waals surface area contributed by atoms with E-state index >= 15 is 0 Å². The number of hydrogen-bond donors (Lipinski definition) is 1. The average Bonchev–Trinajstić information content (AvgIpc) is 2.20. The lowest BCUT2D eigenvalue weighted by molar-refractivity contribution is 0.275. The summed E-state index contributed by atoms with van der Waals surface area (Å²) < 4.78 is 0. The summed E-state index contributed by atoms with van der Waals surface area (Å²) in [5.74, 6) is 0. The molecule has 0 saturated heterocycles. The van der Waals surface area contributed by atoms with Crippen molar-refractivity contribution in [2.75, 3.05) is 6.54 Å². The number of aliphatic hydroxyl groups is 1. The standard InChI is InChI=1S/C12H18ClNO/c1-4-5-6-14-11-9(3)10(13)7-8(2)12(11)15/h7,12,15H,4-6H2,1-3H3. The summed E-state index contributed by atoms with van der Waals surface area (Å²) in [5.41, 5.74) is 2.49. The predicted molar refractivity (Wildman–Crippen MR) is 65.5 cm³/mol. The van der Waals surface area contributed by atoms with Gasteiger partial charge in [-0.05, 0) is 37.5 Å². The Hall–Kier alpha value is -0.600. The van der Waals surface area contributed by atoms with Gasteiger partial charge < -0.3 is 5.11 Å². The zero-order valence-corrected chi connectivity index (χ0v) is 10.3. The summed E-state index contributed by atoms with van der Waals surface area (Å²) in [4.78, 5) is 4.42. The molecule has 0 bridgehead atoms. The maximum absolute atomic E-state index is 9.93. The Labute approximate surface area is 96.4 Å². The second kappa shape index (κ2) is 5.47. The molecule has 2 nitrogen and oxygen atoms in total. The molecule has 15 heavy (non-hydrogen) atoms. The number of rotatable bonds is 3. The molecule has 0 radical (unpaired) electrons. The molecule has 0 aliphatic heterocycles. The summed E-state index contributed by atoms with van der Waals surface area (Å²) in [6, 6.07) is 0. The van der Waals surface area contributed by atoms with Crippen LogP contribution >= 0.6 is 11.6 Å². The van der Waals surface area contributed by atoms with Crippen LogP contribution in [0.5, 0.6) is 0 Å². The highest BCUT2D eigenvalue weighted by Gasteiger charge is 2.22. The zero-order valence-electron chi connectivity index (χ0n) is 9.55. The van der Waals surface area contributed by atoms with E-state index in [4.69, 9.17) is 11.6 Å². The molecule has 0 aromatic heterocycles. The number of allylic oxidation sites excluding steroid dienone is 2. The van der Waals surface area contributed by atoms with E-state index in [0.717, 1.165) is 36.2 Å². The molecule has 0 fully saturated rings. The van der Waals surface area contributed by atoms with Gasteiger partial charge >= 0.3 is 0 Å². The normalized spacial score (nSPS) is 24.7. The summed E-state index contributed by atoms with van der Waals surface area (Å²) in [6.07, 6.45) is 3.38. The van der Waals surface area contributed by atoms with Gasteiger partial charge in [0.15, 0.2) is 0 Å². The SMILES string of the molecule is CCCCN=C1C(C)=C(Cl)C=C(C)C1O. The van der Waals surface area contributed by atoms with E-state index < -0.39 is 6.10 Å². The first-order valence-electron chi connectivity index (χ1n) is 5.35. The molecule has 1 aliphatic rings. The van der Waals surface area contributed by atoms with Crippen molar-refractivity contribution < 1.29 is 5.11 Å². The Morgan fingerprint density at radius 1 is 1.47 bits per heavy atom. The van der Waals surface area contributed by atoms with Gasteiger partial charge in [0.1, 0.15) is 6.10 Å². The molecule has 3 heteroatoms. The lowest BCUT2D eigenvalue weighted by Crippen LogP contribution is -2.26. The number of hydrogen-bond acceptors (Lipinski definition) is 2. The quantitative estimate of drug-likeness (QED) is 0.739. The Bertz CT molecular complexity index is 329. The van der Waals surface area contributed by atoms with Gasteiger partial charge in [-0.25, -0.2) is 0 Å². The number of aliphatic imine (C=N–C) groups is 1. The highest BCUT2D eigenvalue weighted by molar-refractivity contribution is 6.34. The first kappa shape index (κ1) is 12.5. The highest BCUT2D eigenvalue weighted by Crippen LogP contribution is 2.24. The van der Waals surface area contributed by atoms with Crippen LogP contribution in [0.25, 0.3) is 0 Å². The fourth-order valence-electron chi connectivity index (χ4n) is 1.49. The zero-order chi connectivity index (χ0) is 11.4. The van der Waals surface area contributed by atoms with Crippen LogP contribution in [0.2, 0.25) is 0 Å². The van der Waals surface area contributed by atoms with Crippen molar-refractivity contribution in [3.63, 3.8) is 0 Å². The van der Waals surface area contributed by atoms with Crippen molar-refractivity contribution in [1.82, 2.24) is 0 Å². The van der Waals surface area contributed by atoms with Crippen LogP contribution in [0.15, 0.2) is 27.2 Å². The van der Waals surface area contributed by atoms with Crippen LogP contribution in [0.3, 0.4) is 0 Å². The largest absolute Gasteiger partial charge is 0.382 e. The summed E-state index contributed by atoms with van der Waals surface area (Å²) >= 11 is 6.05. The van der Waals surface area contributed by atoms with Crippen LogP contribution < -0.4 is 0 Å². The summed E-state index contributed by atoms with van der Waals surface area (Å²) in [5, 5.41) is 10.6. The second-order valence-corrected chi connectivity index (χ2v) is 4.29. The molecular formula is C12H18ClNO. The van der Waals surface area contributed by atoms with E-state index in [2.05, 4.69) is 11.9 Å². The maximum atomic E-state index is 9.93. The van der Waals surface area contributed by atoms with Crippen LogP contribution in [0, 0.1) is 0 Å². The lowest BCUT2D eigenvalue weighted by Gasteiger charge is -2.20. The molecule has 0 aromatic carbocycles. The molecule has 1 rings (SSSR count). The van der Waals surface area contributed by atoms with Crippen molar-refractivity contribution in [3.8, 4) is 0 Å². The minimum absolute atomic E-state index is 0.579. The van der Waals surface area contributed by atoms with Gasteiger partial charge in [0.25, 0.3) is 0 Å². The van der Waals surface area contributed by atoms with Gasteiger partial charge in [-0.15, -0.1) is 0 Å². The smallest absolute Gasteiger partial charge is 0.117 e. The maximum Gasteiger partial charge on any atom is 0.117 e. The Morgan fingerprint density at radius 2 is 2.13 bits per heavy atom. The van der Waals surface area contributed by atoms with Crippen molar-refractivity contribution in [1.29, 1.82) is 0 Å². The molecule has 0 amide bonds. The first-order valence-corrected chi connectivity index (χ1v) is 5.73. The van der Waals surface area contributed by atoms with Crippen LogP contribution in [0.4, 0.5) is 0 Å². The van der Waals surface area contributed by atoms with Crippen molar-refractivity contribution >= 4 is 17.3 Å². The first-order chi connectivity index (χ1) is 7.07. The van der Waals surface area contributed by atoms with E-state index in [9.17, 15) is 5.11 Å². The molecule has 0 aromatic rings. The third-order valence-corrected chi connectivity index (χ3v) is 2.97. The Balaban J connectivity index is 2.88. The van der Waals surface area contributed by atoms with Crippen LogP contribution in [-0.4, -0.2) is 23.5 Å². The number of aliphatic hydroxyl groups excluding tert-OH is 1. The highest BCUT2D eigenvalue weighted by atomic mass is 35.5. The lowest BCUT2D eigenvalue weighted by atomic mass is 9.95. The van der Waals surface area contributed by atoms with Crippen LogP contribution in [0.1, 0.15) is 33.6 Å². The fourth-order valence-corrected chi connectivity index (χ4v) is 1.76. The number of halogens is 1. The van der Waals surface area contributed by atoms with E-state index in [1.54, 1.807) is 6.08 Å². The van der Waals surface area contributed by atoms with Gasteiger partial charge in [-0.3, -0.25) is 4.99 Å². The third-order valence-electron chi connectivity index (χ3n) is 2.58. The minimum Gasteiger partial charge on any atom is -0.382 e. The molecule has 0 saturated carbocycles. The molecule has 1 unspecified atom stereocenters. The van der Waals surface area contributed by atoms with E-state index in [1.807, 2.05) is 13.8 Å². The van der Waals surface area contributed by atoms with E-state index in [1.165, 1.54) is 0 Å². The summed E-state index contributed by atoms with van der Waals surface area (Å²) in [6.45, 7) is 6.66. The third kappa shape index (κ3) is 2.93. The molecule has 84 valence electrons. The molecule has 1 aliphatic carbocycles. The fraction of sp³-hybridized carbons (Fsp3) is 0.583. The van der Waals surface area contributed by atoms with E-state index in [0.29, 0.717) is 5.03 Å². The van der Waals surface area contributed by atoms with Gasteiger partial charge in [-0.1, -0.05) is 24.9 Å². The predicted octanol–water partition coefficient (Wildman–Crippen LogP) is 3.06. The monoisotopic (exact) mass is 227 g/mol. The van der Waals surface area contributed by atoms with Gasteiger partial charge in [0, 0.05) is 11.6 Å². The van der Waals surface area contributed by atoms with Gasteiger partial charge in [0.2, 0.25) is 0 Å². The molecule has 1 N–H and O–H groups in total. The van der Waals surface area contributed by atoms with E-state index in [-0.39, 0.29) is 0 Å². The number of unbranched alkanes of at least 4 members (excludes halogenated alkanes) is 1. The van der Waals surface area contributed by atoms with Crippen molar-refractivity contribution in [2.45, 2.75) is 39.7 Å². The van der Waals surface area contributed by atoms with Crippen LogP contribution in [-0.2, 0) is 0 Å². The van der Waals surface area contributed by atoms with Crippen molar-refractivity contribution in [3.05, 3.63) is 22.3 Å². The van der Waals surface area contributed by atoms with Crippen molar-refractivity contribution in [2.24, 2.45) is 4.99 Å². The molecule has 1 atom stereocenters. The molecular weight excluding hydrogens is 210 g/mol. The Kier molecular flexibility index (Phi) is 4.55. The topological polar surface area (TPSA) is 32.6 Å². The number of nitrogens with zero attached hydrogens (tertiary/aromatic N) is 1. The second-order valence-electron chi connectivity index (χ2n) is 3.88. The molecule has 0 spiro atoms. The molecule has 0 heterocycles. The average molecular weight is 228 g/mol. The minimum atomic E-state index is -0.579.